The molecule has 2 aromatic carbocycles. The van der Waals surface area contributed by atoms with Crippen molar-refractivity contribution in [2.75, 3.05) is 38.3 Å². The molecule has 0 fully saturated rings. The second-order valence-corrected chi connectivity index (χ2v) is 8.93. The summed E-state index contributed by atoms with van der Waals surface area (Å²) in [5, 5.41) is 51.2. The third-order valence-electron chi connectivity index (χ3n) is 6.09. The average molecular weight is 603 g/mol. The molecule has 0 bridgehead atoms. The Balaban J connectivity index is 2.11. The summed E-state index contributed by atoms with van der Waals surface area (Å²) in [4.78, 5) is 55.9. The third-order valence-corrected chi connectivity index (χ3v) is 6.09. The predicted octanol–water partition coefficient (Wildman–Crippen LogP) is 3.69. The number of hydrogen-bond donors (Lipinski definition) is 2. The molecule has 1 amide bonds. The lowest BCUT2D eigenvalue weighted by atomic mass is 10.0. The molecule has 0 radical (unpaired) electrons. The fourth-order valence-corrected chi connectivity index (χ4v) is 4.13. The number of carbonyl (C=O) groups is 1. The summed E-state index contributed by atoms with van der Waals surface area (Å²) in [5.74, 6) is 1.70. The van der Waals surface area contributed by atoms with Gasteiger partial charge in [-0.25, -0.2) is 0 Å². The molecule has 0 aliphatic heterocycles. The zero-order valence-corrected chi connectivity index (χ0v) is 23.0. The number of amides is 1. The first-order chi connectivity index (χ1) is 20.6. The molecule has 1 atom stereocenters. The van der Waals surface area contributed by atoms with Gasteiger partial charge < -0.3 is 20.1 Å². The highest BCUT2D eigenvalue weighted by Crippen LogP contribution is 2.35. The monoisotopic (exact) mass is 602 g/mol. The van der Waals surface area contributed by atoms with Crippen LogP contribution in [0.5, 0.6) is 0 Å². The molecular weight excluding hydrogens is 572 g/mol. The first-order valence-corrected chi connectivity index (χ1v) is 13.0. The van der Waals surface area contributed by atoms with E-state index in [1.807, 2.05) is 0 Å². The highest BCUT2D eigenvalue weighted by molar-refractivity contribution is 5.87. The minimum atomic E-state index is -1.14. The zero-order chi connectivity index (χ0) is 31.8. The number of ether oxygens (including phenoxy) is 2. The molecule has 17 nitrogen and oxygen atoms in total. The van der Waals surface area contributed by atoms with Gasteiger partial charge in [0.1, 0.15) is 18.2 Å². The maximum atomic E-state index is 13.0. The fourth-order valence-electron chi connectivity index (χ4n) is 4.13. The number of nitro groups is 4. The van der Waals surface area contributed by atoms with E-state index in [2.05, 4.69) is 16.6 Å². The Morgan fingerprint density at radius 1 is 0.791 bits per heavy atom. The second kappa shape index (κ2) is 17.6. The Bertz CT molecular complexity index is 1300. The number of para-hydroxylation sites is 1. The number of carbonyl (C=O) groups excluding carboxylic acids is 1. The number of benzene rings is 2. The van der Waals surface area contributed by atoms with E-state index in [4.69, 9.17) is 15.9 Å². The van der Waals surface area contributed by atoms with Gasteiger partial charge in [0, 0.05) is 30.8 Å². The zero-order valence-electron chi connectivity index (χ0n) is 23.0. The Kier molecular flexibility index (Phi) is 13.9. The summed E-state index contributed by atoms with van der Waals surface area (Å²) in [6.07, 6.45) is 6.13. The average Bonchev–Trinajstić information content (AvgIpc) is 2.97. The van der Waals surface area contributed by atoms with Gasteiger partial charge in [0.05, 0.1) is 39.5 Å². The van der Waals surface area contributed by atoms with Gasteiger partial charge in [-0.15, -0.1) is 6.42 Å². The van der Waals surface area contributed by atoms with Crippen molar-refractivity contribution in [3.05, 3.63) is 82.4 Å². The van der Waals surface area contributed by atoms with Gasteiger partial charge in [0.25, 0.3) is 22.7 Å². The molecule has 0 spiro atoms. The van der Waals surface area contributed by atoms with Crippen LogP contribution in [0.3, 0.4) is 0 Å². The molecule has 2 N–H and O–H groups in total. The Morgan fingerprint density at radius 3 is 1.86 bits per heavy atom. The Hall–Kier alpha value is -5.21. The molecule has 230 valence electrons. The molecule has 0 aliphatic carbocycles. The van der Waals surface area contributed by atoms with Gasteiger partial charge in [-0.1, -0.05) is 18.8 Å². The summed E-state index contributed by atoms with van der Waals surface area (Å²) in [5.41, 5.74) is -2.39. The van der Waals surface area contributed by atoms with E-state index in [0.717, 1.165) is 18.2 Å². The summed E-state index contributed by atoms with van der Waals surface area (Å²) in [7, 11) is 0. The van der Waals surface area contributed by atoms with Gasteiger partial charge in [-0.3, -0.25) is 45.3 Å². The van der Waals surface area contributed by atoms with E-state index in [1.54, 1.807) is 0 Å². The van der Waals surface area contributed by atoms with Gasteiger partial charge in [-0.05, 0) is 31.4 Å². The van der Waals surface area contributed by atoms with Crippen molar-refractivity contribution >= 4 is 34.3 Å². The van der Waals surface area contributed by atoms with E-state index in [-0.39, 0.29) is 62.8 Å². The first kappa shape index (κ1) is 34.0. The topological polar surface area (TPSA) is 232 Å². The number of terminal acetylenes is 1. The minimum Gasteiger partial charge on any atom is -0.377 e. The summed E-state index contributed by atoms with van der Waals surface area (Å²) >= 11 is 0. The van der Waals surface area contributed by atoms with Gasteiger partial charge in [0.2, 0.25) is 5.91 Å². The predicted molar refractivity (Wildman–Crippen MR) is 153 cm³/mol. The van der Waals surface area contributed by atoms with E-state index in [1.165, 1.54) is 18.2 Å². The van der Waals surface area contributed by atoms with Crippen LogP contribution in [-0.2, 0) is 20.7 Å². The van der Waals surface area contributed by atoms with E-state index >= 15 is 0 Å². The lowest BCUT2D eigenvalue weighted by Crippen LogP contribution is -2.41. The molecule has 17 heteroatoms. The van der Waals surface area contributed by atoms with Crippen molar-refractivity contribution in [3.8, 4) is 12.3 Å². The van der Waals surface area contributed by atoms with Crippen LogP contribution in [0.4, 0.5) is 28.4 Å². The van der Waals surface area contributed by atoms with E-state index in [9.17, 15) is 45.3 Å². The maximum Gasteiger partial charge on any atom is 0.299 e. The molecule has 2 rings (SSSR count). The van der Waals surface area contributed by atoms with E-state index < -0.39 is 48.7 Å². The van der Waals surface area contributed by atoms with Gasteiger partial charge in [0.15, 0.2) is 5.69 Å². The van der Waals surface area contributed by atoms with Crippen LogP contribution >= 0.6 is 0 Å². The van der Waals surface area contributed by atoms with Crippen LogP contribution in [-0.4, -0.2) is 64.6 Å². The lowest BCUT2D eigenvalue weighted by Gasteiger charge is -2.19. The second-order valence-electron chi connectivity index (χ2n) is 8.93. The molecule has 43 heavy (non-hydrogen) atoms. The summed E-state index contributed by atoms with van der Waals surface area (Å²) in [6.45, 7) is 0.771. The molecule has 0 unspecified atom stereocenters. The molecular formula is C26H30N6O11. The normalized spacial score (nSPS) is 11.2. The van der Waals surface area contributed by atoms with Gasteiger partial charge >= 0.3 is 0 Å². The third kappa shape index (κ3) is 10.6. The molecule has 0 aliphatic rings. The molecule has 0 aromatic heterocycles. The maximum absolute atomic E-state index is 13.0. The molecule has 0 saturated heterocycles. The van der Waals surface area contributed by atoms with Crippen LogP contribution in [0.25, 0.3) is 0 Å². The van der Waals surface area contributed by atoms with Crippen LogP contribution < -0.4 is 10.6 Å². The van der Waals surface area contributed by atoms with Crippen molar-refractivity contribution in [1.82, 2.24) is 5.32 Å². The van der Waals surface area contributed by atoms with Crippen molar-refractivity contribution in [1.29, 1.82) is 0 Å². The van der Waals surface area contributed by atoms with Crippen molar-refractivity contribution in [2.45, 2.75) is 38.1 Å². The SMILES string of the molecule is C#CCOCCOCCNC(=O)[C@H](CCCCCc1c([N+](=O)[O-])cccc1[N+](=O)[O-])Nc1c([N+](=O)[O-])cccc1[N+](=O)[O-]. The highest BCUT2D eigenvalue weighted by atomic mass is 16.6. The number of rotatable bonds is 20. The van der Waals surface area contributed by atoms with Crippen LogP contribution in [0.15, 0.2) is 36.4 Å². The largest absolute Gasteiger partial charge is 0.377 e. The number of nitrogens with zero attached hydrogens (tertiary/aromatic N) is 4. The van der Waals surface area contributed by atoms with Crippen LogP contribution in [0.1, 0.15) is 31.2 Å². The molecule has 0 heterocycles. The summed E-state index contributed by atoms with van der Waals surface area (Å²) < 4.78 is 10.4. The first-order valence-electron chi connectivity index (χ1n) is 13.0. The fraction of sp³-hybridized carbons (Fsp3) is 0.423. The quantitative estimate of drug-likeness (QED) is 0.0956. The minimum absolute atomic E-state index is 0.0230. The standard InChI is InChI=1S/C26H30N6O11/c1-2-15-42-17-18-43-16-14-27-26(33)20(28-25-23(31(38)39)12-7-13-24(25)32(40)41)9-5-3-4-8-19-21(29(34)35)10-6-11-22(19)30(36)37/h1,6-7,10-13,20,28H,3-5,8-9,14-18H2,(H,27,33)/t20-/m0/s1. The van der Waals surface area contributed by atoms with Gasteiger partial charge in [-0.2, -0.15) is 0 Å². The summed E-state index contributed by atoms with van der Waals surface area (Å²) in [6, 6.07) is 5.75. The highest BCUT2D eigenvalue weighted by Gasteiger charge is 2.29. The van der Waals surface area contributed by atoms with Crippen LogP contribution in [0, 0.1) is 52.8 Å². The van der Waals surface area contributed by atoms with Crippen molar-refractivity contribution in [3.63, 3.8) is 0 Å². The lowest BCUT2D eigenvalue weighted by molar-refractivity contribution is -0.395. The number of unbranched alkanes of at least 4 members (excludes halogenated alkanes) is 2. The molecule has 0 saturated carbocycles. The van der Waals surface area contributed by atoms with E-state index in [0.29, 0.717) is 19.3 Å². The number of nitrogens with one attached hydrogen (secondary N) is 2. The Labute approximate surface area is 245 Å². The van der Waals surface area contributed by atoms with Crippen LogP contribution in [0.2, 0.25) is 0 Å². The van der Waals surface area contributed by atoms with Crippen molar-refractivity contribution in [2.24, 2.45) is 0 Å². The number of hydrogen-bond acceptors (Lipinski definition) is 12. The molecule has 2 aromatic rings. The number of anilines is 1. The smallest absolute Gasteiger partial charge is 0.299 e. The Morgan fingerprint density at radius 2 is 1.33 bits per heavy atom. The number of nitro benzene ring substituents is 4. The van der Waals surface area contributed by atoms with Crippen molar-refractivity contribution < 1.29 is 34.0 Å².